The molecule has 0 atom stereocenters. The van der Waals surface area contributed by atoms with Crippen LogP contribution >= 0.6 is 0 Å². The number of hydrogen-bond donors (Lipinski definition) is 1. The van der Waals surface area contributed by atoms with Gasteiger partial charge < -0.3 is 5.32 Å². The van der Waals surface area contributed by atoms with Crippen molar-refractivity contribution in [2.75, 3.05) is 26.9 Å². The van der Waals surface area contributed by atoms with E-state index < -0.39 is 10.0 Å². The summed E-state index contributed by atoms with van der Waals surface area (Å²) >= 11 is 0. The average Bonchev–Trinajstić information content (AvgIpc) is 2.18. The van der Waals surface area contributed by atoms with Crippen LogP contribution in [0.4, 0.5) is 0 Å². The van der Waals surface area contributed by atoms with Gasteiger partial charge in [0.15, 0.2) is 0 Å². The molecule has 1 saturated carbocycles. The highest BCUT2D eigenvalue weighted by atomic mass is 32.2. The van der Waals surface area contributed by atoms with E-state index >= 15 is 0 Å². The Kier molecular flexibility index (Phi) is 4.14. The van der Waals surface area contributed by atoms with Crippen molar-refractivity contribution in [1.82, 2.24) is 9.62 Å². The molecule has 1 rings (SSSR count). The lowest BCUT2D eigenvalue weighted by Gasteiger charge is -2.39. The minimum absolute atomic E-state index is 0.00389. The maximum Gasteiger partial charge on any atom is 0.211 e. The van der Waals surface area contributed by atoms with Gasteiger partial charge in [0.2, 0.25) is 10.0 Å². The molecule has 0 radical (unpaired) electrons. The van der Waals surface area contributed by atoms with Gasteiger partial charge in [0.1, 0.15) is 0 Å². The van der Waals surface area contributed by atoms with E-state index in [9.17, 15) is 8.42 Å². The third-order valence-electron chi connectivity index (χ3n) is 3.43. The zero-order valence-electron chi connectivity index (χ0n) is 9.91. The third-order valence-corrected chi connectivity index (χ3v) is 4.69. The largest absolute Gasteiger partial charge is 0.313 e. The van der Waals surface area contributed by atoms with E-state index in [1.54, 1.807) is 7.05 Å². The molecule has 0 heterocycles. The van der Waals surface area contributed by atoms with Crippen molar-refractivity contribution in [1.29, 1.82) is 0 Å². The molecular formula is C10H22N2O2S. The molecule has 1 aliphatic rings. The van der Waals surface area contributed by atoms with Crippen LogP contribution in [0.5, 0.6) is 0 Å². The molecule has 0 aromatic heterocycles. The van der Waals surface area contributed by atoms with Gasteiger partial charge in [-0.15, -0.1) is 0 Å². The summed E-state index contributed by atoms with van der Waals surface area (Å²) in [7, 11) is 0.531. The first-order valence-corrected chi connectivity index (χ1v) is 7.35. The molecule has 0 amide bonds. The number of nitrogens with zero attached hydrogens (tertiary/aromatic N) is 1. The van der Waals surface area contributed by atoms with Crippen LogP contribution in [-0.2, 0) is 10.0 Å². The van der Waals surface area contributed by atoms with Crippen molar-refractivity contribution in [3.63, 3.8) is 0 Å². The summed E-state index contributed by atoms with van der Waals surface area (Å²) in [4.78, 5) is 0. The van der Waals surface area contributed by atoms with Crippen LogP contribution in [0.15, 0.2) is 0 Å². The van der Waals surface area contributed by atoms with E-state index in [0.717, 1.165) is 12.8 Å². The van der Waals surface area contributed by atoms with Crippen molar-refractivity contribution in [2.24, 2.45) is 0 Å². The molecule has 15 heavy (non-hydrogen) atoms. The first kappa shape index (κ1) is 12.9. The smallest absolute Gasteiger partial charge is 0.211 e. The van der Waals surface area contributed by atoms with Crippen LogP contribution < -0.4 is 5.32 Å². The molecule has 90 valence electrons. The Balaban J connectivity index is 2.67. The molecule has 1 N–H and O–H groups in total. The summed E-state index contributed by atoms with van der Waals surface area (Å²) in [5.74, 6) is 0. The van der Waals surface area contributed by atoms with Gasteiger partial charge in [-0.3, -0.25) is 0 Å². The van der Waals surface area contributed by atoms with Gasteiger partial charge in [0.05, 0.1) is 6.26 Å². The quantitative estimate of drug-likeness (QED) is 0.783. The second-order valence-electron chi connectivity index (χ2n) is 4.61. The fraction of sp³-hybridized carbons (Fsp3) is 1.00. The average molecular weight is 234 g/mol. The minimum atomic E-state index is -3.06. The highest BCUT2D eigenvalue weighted by Gasteiger charge is 2.33. The number of hydrogen-bond acceptors (Lipinski definition) is 3. The van der Waals surface area contributed by atoms with Crippen molar-refractivity contribution in [2.45, 2.75) is 37.6 Å². The highest BCUT2D eigenvalue weighted by molar-refractivity contribution is 7.88. The molecular weight excluding hydrogens is 212 g/mol. The molecule has 1 aliphatic carbocycles. The Morgan fingerprint density at radius 2 is 1.80 bits per heavy atom. The van der Waals surface area contributed by atoms with Crippen molar-refractivity contribution < 1.29 is 8.42 Å². The molecule has 5 heteroatoms. The summed E-state index contributed by atoms with van der Waals surface area (Å²) in [5, 5.41) is 3.31. The minimum Gasteiger partial charge on any atom is -0.313 e. The van der Waals surface area contributed by atoms with Crippen LogP contribution in [0.2, 0.25) is 0 Å². The van der Waals surface area contributed by atoms with Crippen molar-refractivity contribution >= 4 is 10.0 Å². The fourth-order valence-electron chi connectivity index (χ4n) is 2.26. The summed E-state index contributed by atoms with van der Waals surface area (Å²) in [6.45, 7) is 0.586. The Morgan fingerprint density at radius 1 is 1.27 bits per heavy atom. The van der Waals surface area contributed by atoms with E-state index in [2.05, 4.69) is 5.32 Å². The van der Waals surface area contributed by atoms with E-state index in [0.29, 0.717) is 6.54 Å². The van der Waals surface area contributed by atoms with Crippen LogP contribution in [0.1, 0.15) is 32.1 Å². The molecule has 0 unspecified atom stereocenters. The van der Waals surface area contributed by atoms with Crippen molar-refractivity contribution in [3.05, 3.63) is 0 Å². The van der Waals surface area contributed by atoms with Gasteiger partial charge in [-0.1, -0.05) is 19.3 Å². The van der Waals surface area contributed by atoms with Crippen LogP contribution in [-0.4, -0.2) is 45.2 Å². The summed E-state index contributed by atoms with van der Waals surface area (Å²) in [6.07, 6.45) is 7.06. The number of likely N-dealkylation sites (N-methyl/N-ethyl adjacent to an activating group) is 2. The van der Waals surface area contributed by atoms with E-state index in [1.807, 2.05) is 7.05 Å². The first-order chi connectivity index (χ1) is 6.90. The lowest BCUT2D eigenvalue weighted by atomic mass is 9.82. The Bertz CT molecular complexity index is 295. The van der Waals surface area contributed by atoms with E-state index in [4.69, 9.17) is 0 Å². The third kappa shape index (κ3) is 3.43. The Hall–Kier alpha value is -0.130. The monoisotopic (exact) mass is 234 g/mol. The number of nitrogens with one attached hydrogen (secondary N) is 1. The Labute approximate surface area is 93.1 Å². The number of rotatable bonds is 4. The van der Waals surface area contributed by atoms with Crippen LogP contribution in [0, 0.1) is 0 Å². The van der Waals surface area contributed by atoms with Crippen LogP contribution in [0.3, 0.4) is 0 Å². The van der Waals surface area contributed by atoms with Gasteiger partial charge in [0.25, 0.3) is 0 Å². The van der Waals surface area contributed by atoms with E-state index in [-0.39, 0.29) is 5.54 Å². The summed E-state index contributed by atoms with van der Waals surface area (Å²) < 4.78 is 24.2. The zero-order chi connectivity index (χ0) is 11.5. The molecule has 0 aromatic carbocycles. The summed E-state index contributed by atoms with van der Waals surface area (Å²) in [6, 6.07) is 0. The molecule has 4 nitrogen and oxygen atoms in total. The lowest BCUT2D eigenvalue weighted by Crippen LogP contribution is -2.53. The second kappa shape index (κ2) is 4.80. The lowest BCUT2D eigenvalue weighted by molar-refractivity contribution is 0.209. The molecule has 0 saturated heterocycles. The van der Waals surface area contributed by atoms with Crippen molar-refractivity contribution in [3.8, 4) is 0 Å². The van der Waals surface area contributed by atoms with Gasteiger partial charge in [-0.2, -0.15) is 0 Å². The predicted molar refractivity (Wildman–Crippen MR) is 62.3 cm³/mol. The topological polar surface area (TPSA) is 49.4 Å². The molecule has 0 bridgehead atoms. The number of sulfonamides is 1. The molecule has 0 aromatic rings. The zero-order valence-corrected chi connectivity index (χ0v) is 10.7. The standard InChI is InChI=1S/C10H22N2O2S/c1-11-10(7-5-4-6-8-10)9-12(2)15(3,13)14/h11H,4-9H2,1-3H3. The van der Waals surface area contributed by atoms with E-state index in [1.165, 1.54) is 29.8 Å². The highest BCUT2D eigenvalue weighted by Crippen LogP contribution is 2.28. The molecule has 0 spiro atoms. The van der Waals surface area contributed by atoms with Gasteiger partial charge in [-0.05, 0) is 19.9 Å². The SMILES string of the molecule is CNC1(CN(C)S(C)(=O)=O)CCCCC1. The predicted octanol–water partition coefficient (Wildman–Crippen LogP) is 0.800. The normalized spacial score (nSPS) is 21.9. The molecule has 1 fully saturated rings. The summed E-state index contributed by atoms with van der Waals surface area (Å²) in [5.41, 5.74) is -0.00389. The second-order valence-corrected chi connectivity index (χ2v) is 6.70. The maximum absolute atomic E-state index is 11.4. The van der Waals surface area contributed by atoms with Gasteiger partial charge in [-0.25, -0.2) is 12.7 Å². The van der Waals surface area contributed by atoms with Gasteiger partial charge in [0, 0.05) is 19.1 Å². The fourth-order valence-corrected chi connectivity index (χ4v) is 2.74. The maximum atomic E-state index is 11.4. The first-order valence-electron chi connectivity index (χ1n) is 5.50. The Morgan fingerprint density at radius 3 is 2.20 bits per heavy atom. The van der Waals surface area contributed by atoms with Gasteiger partial charge >= 0.3 is 0 Å². The van der Waals surface area contributed by atoms with Crippen LogP contribution in [0.25, 0.3) is 0 Å². The molecule has 0 aliphatic heterocycles.